The van der Waals surface area contributed by atoms with E-state index in [1.54, 1.807) is 0 Å². The number of phenols is 1. The Labute approximate surface area is 151 Å². The Bertz CT molecular complexity index is 548. The highest BCUT2D eigenvalue weighted by Gasteiger charge is 2.37. The molecule has 0 aliphatic carbocycles. The van der Waals surface area contributed by atoms with Crippen LogP contribution in [0.15, 0.2) is 12.1 Å². The van der Waals surface area contributed by atoms with Gasteiger partial charge in [-0.2, -0.15) is 0 Å². The smallest absolute Gasteiger partial charge is 0.119 e. The van der Waals surface area contributed by atoms with Gasteiger partial charge in [0, 0.05) is 0 Å². The van der Waals surface area contributed by atoms with E-state index in [4.69, 9.17) is 0 Å². The summed E-state index contributed by atoms with van der Waals surface area (Å²) in [5, 5.41) is 10.7. The third kappa shape index (κ3) is 4.07. The van der Waals surface area contributed by atoms with Gasteiger partial charge in [0.25, 0.3) is 0 Å². The fourth-order valence-corrected chi connectivity index (χ4v) is 8.45. The first-order valence-corrected chi connectivity index (χ1v) is 12.4. The normalized spacial score (nSPS) is 14.8. The lowest BCUT2D eigenvalue weighted by Gasteiger charge is -2.39. The van der Waals surface area contributed by atoms with Crippen molar-refractivity contribution < 1.29 is 5.11 Å². The van der Waals surface area contributed by atoms with Crippen LogP contribution in [0.4, 0.5) is 0 Å². The monoisotopic (exact) mass is 348 g/mol. The summed E-state index contributed by atoms with van der Waals surface area (Å²) in [4.78, 5) is 0. The van der Waals surface area contributed by atoms with Crippen molar-refractivity contribution in [2.75, 3.05) is 0 Å². The molecule has 0 saturated carbocycles. The molecule has 0 aromatic heterocycles. The second kappa shape index (κ2) is 7.23. The molecule has 1 aromatic rings. The maximum Gasteiger partial charge on any atom is 0.119 e. The van der Waals surface area contributed by atoms with Crippen molar-refractivity contribution in [2.24, 2.45) is 0 Å². The summed E-state index contributed by atoms with van der Waals surface area (Å²) in [5.74, 6) is 0.458. The van der Waals surface area contributed by atoms with Gasteiger partial charge in [-0.25, -0.2) is 0 Å². The van der Waals surface area contributed by atoms with Gasteiger partial charge < -0.3 is 5.11 Å². The van der Waals surface area contributed by atoms with E-state index in [0.29, 0.717) is 11.3 Å². The second-order valence-corrected chi connectivity index (χ2v) is 15.3. The topological polar surface area (TPSA) is 20.2 Å². The van der Waals surface area contributed by atoms with Crippen LogP contribution in [-0.4, -0.2) is 13.2 Å². The fraction of sp³-hybridized carbons (Fsp3) is 0.727. The Morgan fingerprint density at radius 2 is 1.25 bits per heavy atom. The van der Waals surface area contributed by atoms with Crippen molar-refractivity contribution in [1.29, 1.82) is 0 Å². The molecule has 0 radical (unpaired) electrons. The van der Waals surface area contributed by atoms with E-state index in [0.717, 1.165) is 5.56 Å². The van der Waals surface area contributed by atoms with Crippen LogP contribution in [0.5, 0.6) is 5.75 Å². The van der Waals surface area contributed by atoms with E-state index in [1.165, 1.54) is 29.3 Å². The number of aromatic hydroxyl groups is 1. The highest BCUT2D eigenvalue weighted by Crippen LogP contribution is 2.44. The van der Waals surface area contributed by atoms with Crippen molar-refractivity contribution in [2.45, 2.75) is 104 Å². The Hall–Kier alpha value is -0.763. The minimum Gasteiger partial charge on any atom is -0.508 e. The van der Waals surface area contributed by atoms with Crippen LogP contribution in [0.1, 0.15) is 91.5 Å². The summed E-state index contributed by atoms with van der Waals surface area (Å²) in [7, 11) is -1.35. The average Bonchev–Trinajstić information content (AvgIpc) is 2.47. The zero-order valence-electron chi connectivity index (χ0n) is 17.8. The number of benzene rings is 1. The Morgan fingerprint density at radius 3 is 1.58 bits per heavy atom. The van der Waals surface area contributed by atoms with Gasteiger partial charge in [0.05, 0.1) is 8.07 Å². The van der Waals surface area contributed by atoms with Crippen LogP contribution < -0.4 is 0 Å². The largest absolute Gasteiger partial charge is 0.508 e. The van der Waals surface area contributed by atoms with Crippen LogP contribution >= 0.6 is 0 Å². The summed E-state index contributed by atoms with van der Waals surface area (Å²) in [6.45, 7) is 23.0. The molecule has 0 spiro atoms. The van der Waals surface area contributed by atoms with Crippen LogP contribution in [0.25, 0.3) is 0 Å². The minimum atomic E-state index is -1.35. The van der Waals surface area contributed by atoms with Gasteiger partial charge >= 0.3 is 0 Å². The van der Waals surface area contributed by atoms with Gasteiger partial charge in [0.1, 0.15) is 5.75 Å². The molecular formula is C22H40OSi. The molecule has 1 rings (SSSR count). The summed E-state index contributed by atoms with van der Waals surface area (Å²) in [6, 6.07) is 8.39. The van der Waals surface area contributed by atoms with Crippen molar-refractivity contribution >= 4 is 8.07 Å². The molecule has 0 fully saturated rings. The van der Waals surface area contributed by atoms with E-state index in [2.05, 4.69) is 81.4 Å². The summed E-state index contributed by atoms with van der Waals surface area (Å²) in [5.41, 5.74) is 4.53. The minimum absolute atomic E-state index is 0.0379. The third-order valence-electron chi connectivity index (χ3n) is 6.28. The first-order valence-electron chi connectivity index (χ1n) is 9.71. The number of rotatable bonds is 5. The number of hydrogen-bond acceptors (Lipinski definition) is 1. The zero-order valence-corrected chi connectivity index (χ0v) is 18.8. The van der Waals surface area contributed by atoms with Crippen molar-refractivity contribution in [3.05, 3.63) is 28.8 Å². The lowest BCUT2D eigenvalue weighted by molar-refractivity contribution is 0.442. The van der Waals surface area contributed by atoms with Gasteiger partial charge in [0.15, 0.2) is 0 Å². The highest BCUT2D eigenvalue weighted by molar-refractivity contribution is 6.80. The predicted molar refractivity (Wildman–Crippen MR) is 111 cm³/mol. The van der Waals surface area contributed by atoms with Crippen LogP contribution in [0.3, 0.4) is 0 Å². The average molecular weight is 349 g/mol. The van der Waals surface area contributed by atoms with Crippen LogP contribution in [-0.2, 0) is 10.8 Å². The van der Waals surface area contributed by atoms with Crippen LogP contribution in [0.2, 0.25) is 18.1 Å². The van der Waals surface area contributed by atoms with Crippen molar-refractivity contribution in [3.63, 3.8) is 0 Å². The van der Waals surface area contributed by atoms with E-state index < -0.39 is 8.07 Å². The van der Waals surface area contributed by atoms with E-state index in [1.807, 2.05) is 0 Å². The van der Waals surface area contributed by atoms with Crippen molar-refractivity contribution in [1.82, 2.24) is 0 Å². The fourth-order valence-electron chi connectivity index (χ4n) is 4.21. The lowest BCUT2D eigenvalue weighted by atomic mass is 9.78. The van der Waals surface area contributed by atoms with Crippen molar-refractivity contribution in [3.8, 4) is 5.75 Å². The second-order valence-electron chi connectivity index (χ2n) is 9.60. The molecule has 24 heavy (non-hydrogen) atoms. The molecule has 0 amide bonds. The molecule has 0 aliphatic rings. The first kappa shape index (κ1) is 21.3. The number of phenolic OH excluding ortho intramolecular Hbond substituents is 1. The lowest BCUT2D eigenvalue weighted by Crippen LogP contribution is -2.39. The van der Waals surface area contributed by atoms with Gasteiger partial charge in [-0.15, -0.1) is 0 Å². The van der Waals surface area contributed by atoms with Gasteiger partial charge in [-0.3, -0.25) is 0 Å². The Balaban J connectivity index is 3.70. The Kier molecular flexibility index (Phi) is 6.41. The SMILES string of the molecule is CC[Si](CC)(CC)C(C)c1cc(C(C)(C)C)c(O)cc1C(C)(C)C. The van der Waals surface area contributed by atoms with Gasteiger partial charge in [0.2, 0.25) is 0 Å². The molecule has 0 saturated heterocycles. The van der Waals surface area contributed by atoms with Crippen LogP contribution in [0, 0.1) is 0 Å². The molecule has 1 atom stereocenters. The molecule has 2 heteroatoms. The van der Waals surface area contributed by atoms with E-state index in [-0.39, 0.29) is 10.8 Å². The molecule has 138 valence electrons. The standard InChI is InChI=1S/C22H40OSi/c1-11-24(12-2,13-3)16(4)17-14-19(22(8,9)10)20(23)15-18(17)21(5,6)7/h14-16,23H,11-13H2,1-10H3. The van der Waals surface area contributed by atoms with Gasteiger partial charge in [-0.05, 0) is 39.1 Å². The molecule has 1 nitrogen and oxygen atoms in total. The highest BCUT2D eigenvalue weighted by atomic mass is 28.3. The molecule has 0 aliphatic heterocycles. The van der Waals surface area contributed by atoms with Gasteiger partial charge in [-0.1, -0.05) is 93.4 Å². The van der Waals surface area contributed by atoms with E-state index >= 15 is 0 Å². The summed E-state index contributed by atoms with van der Waals surface area (Å²) >= 11 is 0. The summed E-state index contributed by atoms with van der Waals surface area (Å²) < 4.78 is 0. The molecular weight excluding hydrogens is 308 g/mol. The first-order chi connectivity index (χ1) is 10.8. The third-order valence-corrected chi connectivity index (χ3v) is 12.7. The molecule has 1 N–H and O–H groups in total. The molecule has 0 bridgehead atoms. The summed E-state index contributed by atoms with van der Waals surface area (Å²) in [6.07, 6.45) is 0. The maximum absolute atomic E-state index is 10.7. The molecule has 0 heterocycles. The zero-order chi connectivity index (χ0) is 18.9. The molecule has 1 aromatic carbocycles. The maximum atomic E-state index is 10.7. The van der Waals surface area contributed by atoms with E-state index in [9.17, 15) is 5.11 Å². The molecule has 1 unspecified atom stereocenters. The predicted octanol–water partition coefficient (Wildman–Crippen LogP) is 7.14. The Morgan fingerprint density at radius 1 is 0.833 bits per heavy atom. The quantitative estimate of drug-likeness (QED) is 0.561. The number of hydrogen-bond donors (Lipinski definition) is 1.